The van der Waals surface area contributed by atoms with Crippen molar-refractivity contribution in [3.8, 4) is 0 Å². The zero-order valence-corrected chi connectivity index (χ0v) is 10.9. The molecule has 0 aliphatic carbocycles. The Hall–Kier alpha value is -0.960. The molecule has 3 heteroatoms. The van der Waals surface area contributed by atoms with Crippen molar-refractivity contribution in [1.82, 2.24) is 10.2 Å². The van der Waals surface area contributed by atoms with E-state index in [1.54, 1.807) is 0 Å². The molecule has 1 atom stereocenters. The average molecular weight is 238 g/mol. The highest BCUT2D eigenvalue weighted by atomic mass is 16.3. The van der Waals surface area contributed by atoms with Crippen molar-refractivity contribution in [2.75, 3.05) is 13.2 Å². The summed E-state index contributed by atoms with van der Waals surface area (Å²) in [6.07, 6.45) is 16.3. The minimum atomic E-state index is 0.227. The van der Waals surface area contributed by atoms with Gasteiger partial charge in [-0.2, -0.15) is 0 Å². The van der Waals surface area contributed by atoms with Gasteiger partial charge in [0.05, 0.1) is 12.8 Å². The monoisotopic (exact) mass is 238 g/mol. The number of unbranched alkanes of at least 4 members (excludes halogenated alkanes) is 3. The van der Waals surface area contributed by atoms with Crippen LogP contribution >= 0.6 is 0 Å². The number of hydrogen-bond acceptors (Lipinski definition) is 3. The van der Waals surface area contributed by atoms with E-state index in [0.29, 0.717) is 6.17 Å². The van der Waals surface area contributed by atoms with Crippen LogP contribution in [0.25, 0.3) is 0 Å². The summed E-state index contributed by atoms with van der Waals surface area (Å²) in [6, 6.07) is 0. The predicted octanol–water partition coefficient (Wildman–Crippen LogP) is 2.60. The van der Waals surface area contributed by atoms with Gasteiger partial charge < -0.3 is 15.3 Å². The lowest BCUT2D eigenvalue weighted by atomic mass is 10.1. The van der Waals surface area contributed by atoms with Crippen LogP contribution in [0.5, 0.6) is 0 Å². The molecule has 0 aromatic rings. The quantitative estimate of drug-likeness (QED) is 0.479. The van der Waals surface area contributed by atoms with Crippen LogP contribution in [0.4, 0.5) is 0 Å². The number of rotatable bonds is 9. The van der Waals surface area contributed by atoms with Crippen molar-refractivity contribution < 1.29 is 5.11 Å². The van der Waals surface area contributed by atoms with Crippen LogP contribution in [0.2, 0.25) is 0 Å². The van der Waals surface area contributed by atoms with Crippen molar-refractivity contribution in [3.63, 3.8) is 0 Å². The Kier molecular flexibility index (Phi) is 7.56. The van der Waals surface area contributed by atoms with Crippen LogP contribution in [0.1, 0.15) is 45.4 Å². The maximum atomic E-state index is 8.93. The molecule has 0 aromatic heterocycles. The maximum Gasteiger partial charge on any atom is 0.0982 e. The van der Waals surface area contributed by atoms with Gasteiger partial charge in [0.1, 0.15) is 0 Å². The Morgan fingerprint density at radius 1 is 1.29 bits per heavy atom. The third-order valence-corrected chi connectivity index (χ3v) is 3.06. The van der Waals surface area contributed by atoms with E-state index >= 15 is 0 Å². The first-order valence-electron chi connectivity index (χ1n) is 6.82. The molecule has 1 heterocycles. The minimum absolute atomic E-state index is 0.227. The smallest absolute Gasteiger partial charge is 0.0982 e. The van der Waals surface area contributed by atoms with Crippen LogP contribution in [-0.4, -0.2) is 29.3 Å². The second-order valence-electron chi connectivity index (χ2n) is 4.48. The first kappa shape index (κ1) is 14.1. The molecule has 2 N–H and O–H groups in total. The Balaban J connectivity index is 2.00. The van der Waals surface area contributed by atoms with Gasteiger partial charge in [-0.25, -0.2) is 0 Å². The minimum Gasteiger partial charge on any atom is -0.395 e. The molecule has 0 saturated carbocycles. The van der Waals surface area contributed by atoms with E-state index in [4.69, 9.17) is 5.11 Å². The Labute approximate surface area is 105 Å². The molecule has 0 aromatic carbocycles. The average Bonchev–Trinajstić information content (AvgIpc) is 2.76. The summed E-state index contributed by atoms with van der Waals surface area (Å²) in [6.45, 7) is 3.13. The second-order valence-corrected chi connectivity index (χ2v) is 4.48. The van der Waals surface area contributed by atoms with E-state index < -0.39 is 0 Å². The summed E-state index contributed by atoms with van der Waals surface area (Å²) >= 11 is 0. The van der Waals surface area contributed by atoms with Gasteiger partial charge in [0.25, 0.3) is 0 Å². The topological polar surface area (TPSA) is 35.5 Å². The van der Waals surface area contributed by atoms with Crippen molar-refractivity contribution in [2.24, 2.45) is 0 Å². The molecule has 1 aliphatic heterocycles. The first-order valence-corrected chi connectivity index (χ1v) is 6.82. The molecule has 0 spiro atoms. The highest BCUT2D eigenvalue weighted by Gasteiger charge is 2.16. The predicted molar refractivity (Wildman–Crippen MR) is 72.4 cm³/mol. The SMILES string of the molecule is CC/C=C/CCCCCC1NC=CN1CCO. The van der Waals surface area contributed by atoms with Crippen LogP contribution < -0.4 is 5.32 Å². The van der Waals surface area contributed by atoms with Gasteiger partial charge in [-0.1, -0.05) is 25.5 Å². The lowest BCUT2D eigenvalue weighted by Gasteiger charge is -2.24. The molecule has 3 nitrogen and oxygen atoms in total. The first-order chi connectivity index (χ1) is 8.38. The molecule has 1 rings (SSSR count). The fourth-order valence-electron chi connectivity index (χ4n) is 2.11. The summed E-state index contributed by atoms with van der Waals surface area (Å²) < 4.78 is 0. The lowest BCUT2D eigenvalue weighted by molar-refractivity contribution is 0.194. The van der Waals surface area contributed by atoms with E-state index in [1.807, 2.05) is 12.4 Å². The van der Waals surface area contributed by atoms with Crippen molar-refractivity contribution in [2.45, 2.75) is 51.6 Å². The molecule has 0 bridgehead atoms. The summed E-state index contributed by atoms with van der Waals surface area (Å²) in [5, 5.41) is 12.2. The molecule has 0 amide bonds. The zero-order valence-electron chi connectivity index (χ0n) is 10.9. The summed E-state index contributed by atoms with van der Waals surface area (Å²) in [7, 11) is 0. The fraction of sp³-hybridized carbons (Fsp3) is 0.714. The Bertz CT molecular complexity index is 238. The number of aliphatic hydroxyl groups excluding tert-OH is 1. The van der Waals surface area contributed by atoms with Gasteiger partial charge in [0, 0.05) is 18.9 Å². The number of nitrogens with zero attached hydrogens (tertiary/aromatic N) is 1. The number of aliphatic hydroxyl groups is 1. The van der Waals surface area contributed by atoms with E-state index in [9.17, 15) is 0 Å². The Morgan fingerprint density at radius 2 is 2.18 bits per heavy atom. The highest BCUT2D eigenvalue weighted by molar-refractivity contribution is 4.93. The third kappa shape index (κ3) is 5.78. The second kappa shape index (κ2) is 9.11. The molecular weight excluding hydrogens is 212 g/mol. The number of nitrogens with one attached hydrogen (secondary N) is 1. The van der Waals surface area contributed by atoms with Gasteiger partial charge in [-0.05, 0) is 32.1 Å². The maximum absolute atomic E-state index is 8.93. The Morgan fingerprint density at radius 3 is 2.94 bits per heavy atom. The van der Waals surface area contributed by atoms with Crippen molar-refractivity contribution >= 4 is 0 Å². The summed E-state index contributed by atoms with van der Waals surface area (Å²) in [5.74, 6) is 0. The molecule has 98 valence electrons. The zero-order chi connectivity index (χ0) is 12.3. The number of β-amino-alcohol motifs (C(OH)–C–C–N with tert-alkyl or cyclic N) is 1. The normalized spacial score (nSPS) is 19.2. The standard InChI is InChI=1S/C14H26N2O/c1-2-3-4-5-6-7-8-9-14-15-10-11-16(14)12-13-17/h3-4,10-11,14-15,17H,2,5-9,12-13H2,1H3/b4-3+. The number of hydrogen-bond donors (Lipinski definition) is 2. The molecular formula is C14H26N2O. The molecule has 1 unspecified atom stereocenters. The van der Waals surface area contributed by atoms with Gasteiger partial charge in [0.15, 0.2) is 0 Å². The van der Waals surface area contributed by atoms with Crippen molar-refractivity contribution in [1.29, 1.82) is 0 Å². The van der Waals surface area contributed by atoms with Crippen LogP contribution in [0, 0.1) is 0 Å². The van der Waals surface area contributed by atoms with Gasteiger partial charge in [-0.15, -0.1) is 0 Å². The van der Waals surface area contributed by atoms with Gasteiger partial charge >= 0.3 is 0 Å². The summed E-state index contributed by atoms with van der Waals surface area (Å²) in [4.78, 5) is 2.18. The third-order valence-electron chi connectivity index (χ3n) is 3.06. The van der Waals surface area contributed by atoms with E-state index in [2.05, 4.69) is 29.3 Å². The van der Waals surface area contributed by atoms with Crippen LogP contribution in [0.15, 0.2) is 24.6 Å². The summed E-state index contributed by atoms with van der Waals surface area (Å²) in [5.41, 5.74) is 0. The molecule has 17 heavy (non-hydrogen) atoms. The van der Waals surface area contributed by atoms with Gasteiger partial charge in [0.2, 0.25) is 0 Å². The van der Waals surface area contributed by atoms with Crippen molar-refractivity contribution in [3.05, 3.63) is 24.6 Å². The highest BCUT2D eigenvalue weighted by Crippen LogP contribution is 2.13. The number of allylic oxidation sites excluding steroid dienone is 2. The van der Waals surface area contributed by atoms with Crippen LogP contribution in [0.3, 0.4) is 0 Å². The molecule has 0 radical (unpaired) electrons. The van der Waals surface area contributed by atoms with E-state index in [1.165, 1.54) is 25.7 Å². The molecule has 0 fully saturated rings. The van der Waals surface area contributed by atoms with Gasteiger partial charge in [-0.3, -0.25) is 0 Å². The largest absolute Gasteiger partial charge is 0.395 e. The van der Waals surface area contributed by atoms with E-state index in [-0.39, 0.29) is 6.61 Å². The fourth-order valence-corrected chi connectivity index (χ4v) is 2.11. The lowest BCUT2D eigenvalue weighted by Crippen LogP contribution is -2.36. The molecule has 1 aliphatic rings. The van der Waals surface area contributed by atoms with Crippen LogP contribution in [-0.2, 0) is 0 Å². The van der Waals surface area contributed by atoms with E-state index in [0.717, 1.165) is 19.4 Å². The molecule has 0 saturated heterocycles.